The van der Waals surface area contributed by atoms with Crippen LogP contribution in [0.15, 0.2) is 60.7 Å². The first-order valence-corrected chi connectivity index (χ1v) is 10.9. The molecular formula is C27H27NO3. The summed E-state index contributed by atoms with van der Waals surface area (Å²) in [5.41, 5.74) is 6.16. The fourth-order valence-corrected chi connectivity index (χ4v) is 4.29. The number of hydrogen-bond donors (Lipinski definition) is 1. The molecule has 1 saturated carbocycles. The molecule has 4 nitrogen and oxygen atoms in total. The number of nitrogens with one attached hydrogen (secondary N) is 1. The molecule has 31 heavy (non-hydrogen) atoms. The minimum atomic E-state index is -0.483. The van der Waals surface area contributed by atoms with Crippen molar-refractivity contribution in [2.75, 3.05) is 12.1 Å². The molecule has 1 heterocycles. The monoisotopic (exact) mass is 413 g/mol. The summed E-state index contributed by atoms with van der Waals surface area (Å²) in [5.74, 6) is 1.97. The van der Waals surface area contributed by atoms with E-state index in [1.54, 1.807) is 0 Å². The van der Waals surface area contributed by atoms with E-state index in [-0.39, 0.29) is 12.7 Å². The highest BCUT2D eigenvalue weighted by molar-refractivity contribution is 6.02. The molecule has 0 radical (unpaired) electrons. The van der Waals surface area contributed by atoms with E-state index < -0.39 is 5.41 Å². The Kier molecular flexibility index (Phi) is 4.73. The van der Waals surface area contributed by atoms with Gasteiger partial charge in [0.25, 0.3) is 0 Å². The van der Waals surface area contributed by atoms with E-state index in [9.17, 15) is 4.79 Å². The van der Waals surface area contributed by atoms with Crippen LogP contribution in [0.3, 0.4) is 0 Å². The lowest BCUT2D eigenvalue weighted by atomic mass is 9.93. The number of hydrogen-bond acceptors (Lipinski definition) is 3. The van der Waals surface area contributed by atoms with Crippen molar-refractivity contribution in [3.05, 3.63) is 77.4 Å². The average molecular weight is 414 g/mol. The van der Waals surface area contributed by atoms with Crippen molar-refractivity contribution in [2.24, 2.45) is 0 Å². The highest BCUT2D eigenvalue weighted by Crippen LogP contribution is 2.51. The molecule has 0 unspecified atom stereocenters. The Morgan fingerprint density at radius 3 is 2.55 bits per heavy atom. The van der Waals surface area contributed by atoms with Crippen LogP contribution in [0.2, 0.25) is 0 Å². The smallest absolute Gasteiger partial charge is 0.235 e. The molecule has 1 aliphatic carbocycles. The standard InChI is InChI=1S/C27H27NO3/c1-17(2)19-5-4-6-20(13-19)23-15-22(9-7-18(23)3)28-26(29)27(11-12-27)21-8-10-24-25(14-21)31-16-30-24/h4-10,13-15,17H,11-12,16H2,1-3H3,(H,28,29). The van der Waals surface area contributed by atoms with Gasteiger partial charge < -0.3 is 14.8 Å². The molecule has 0 saturated heterocycles. The molecule has 4 heteroatoms. The summed E-state index contributed by atoms with van der Waals surface area (Å²) in [4.78, 5) is 13.3. The number of amides is 1. The van der Waals surface area contributed by atoms with Gasteiger partial charge in [0.05, 0.1) is 5.41 Å². The topological polar surface area (TPSA) is 47.6 Å². The number of aryl methyl sites for hydroxylation is 1. The second kappa shape index (κ2) is 7.45. The van der Waals surface area contributed by atoms with Gasteiger partial charge in [-0.1, -0.05) is 50.2 Å². The van der Waals surface area contributed by atoms with Crippen LogP contribution in [-0.4, -0.2) is 12.7 Å². The number of carbonyl (C=O) groups is 1. The fraction of sp³-hybridized carbons (Fsp3) is 0.296. The van der Waals surface area contributed by atoms with Crippen LogP contribution in [-0.2, 0) is 10.2 Å². The first-order valence-electron chi connectivity index (χ1n) is 10.9. The molecule has 3 aromatic carbocycles. The number of ether oxygens (including phenoxy) is 2. The van der Waals surface area contributed by atoms with Crippen LogP contribution >= 0.6 is 0 Å². The third-order valence-electron chi connectivity index (χ3n) is 6.47. The number of rotatable bonds is 5. The Balaban J connectivity index is 1.41. The Hall–Kier alpha value is -3.27. The molecular weight excluding hydrogens is 386 g/mol. The van der Waals surface area contributed by atoms with Gasteiger partial charge in [-0.05, 0) is 77.8 Å². The van der Waals surface area contributed by atoms with Crippen LogP contribution in [0, 0.1) is 6.92 Å². The maximum atomic E-state index is 13.3. The molecule has 1 fully saturated rings. The normalized spacial score (nSPS) is 15.7. The van der Waals surface area contributed by atoms with E-state index >= 15 is 0 Å². The van der Waals surface area contributed by atoms with E-state index in [1.165, 1.54) is 16.7 Å². The maximum absolute atomic E-state index is 13.3. The van der Waals surface area contributed by atoms with Gasteiger partial charge in [-0.2, -0.15) is 0 Å². The molecule has 0 aromatic heterocycles. The lowest BCUT2D eigenvalue weighted by Gasteiger charge is -2.18. The molecule has 2 aliphatic rings. The van der Waals surface area contributed by atoms with Gasteiger partial charge in [-0.25, -0.2) is 0 Å². The van der Waals surface area contributed by atoms with E-state index in [1.807, 2.05) is 24.3 Å². The third kappa shape index (κ3) is 3.56. The van der Waals surface area contributed by atoms with Crippen molar-refractivity contribution < 1.29 is 14.3 Å². The summed E-state index contributed by atoms with van der Waals surface area (Å²) in [6.45, 7) is 6.75. The fourth-order valence-electron chi connectivity index (χ4n) is 4.29. The SMILES string of the molecule is Cc1ccc(NC(=O)C2(c3ccc4c(c3)OCO4)CC2)cc1-c1cccc(C(C)C)c1. The largest absolute Gasteiger partial charge is 0.454 e. The highest BCUT2D eigenvalue weighted by atomic mass is 16.7. The molecule has 3 aromatic rings. The van der Waals surface area contributed by atoms with Gasteiger partial charge >= 0.3 is 0 Å². The van der Waals surface area contributed by atoms with E-state index in [0.717, 1.165) is 41.2 Å². The van der Waals surface area contributed by atoms with Crippen molar-refractivity contribution >= 4 is 11.6 Å². The van der Waals surface area contributed by atoms with E-state index in [2.05, 4.69) is 62.5 Å². The van der Waals surface area contributed by atoms with Crippen molar-refractivity contribution in [2.45, 2.75) is 44.9 Å². The first kappa shape index (κ1) is 19.7. The number of anilines is 1. The second-order valence-electron chi connectivity index (χ2n) is 8.91. The lowest BCUT2D eigenvalue weighted by Crippen LogP contribution is -2.27. The molecule has 1 amide bonds. The van der Waals surface area contributed by atoms with Crippen molar-refractivity contribution in [3.8, 4) is 22.6 Å². The van der Waals surface area contributed by atoms with Gasteiger partial charge in [-0.3, -0.25) is 4.79 Å². The summed E-state index contributed by atoms with van der Waals surface area (Å²) >= 11 is 0. The summed E-state index contributed by atoms with van der Waals surface area (Å²) in [7, 11) is 0. The van der Waals surface area contributed by atoms with Gasteiger partial charge in [0, 0.05) is 5.69 Å². The minimum Gasteiger partial charge on any atom is -0.454 e. The van der Waals surface area contributed by atoms with Gasteiger partial charge in [0.1, 0.15) is 0 Å². The average Bonchev–Trinajstić information content (AvgIpc) is 3.46. The van der Waals surface area contributed by atoms with Crippen molar-refractivity contribution in [1.29, 1.82) is 0 Å². The number of fused-ring (bicyclic) bond motifs is 1. The first-order chi connectivity index (χ1) is 15.0. The van der Waals surface area contributed by atoms with Crippen LogP contribution in [0.1, 0.15) is 49.3 Å². The predicted molar refractivity (Wildman–Crippen MR) is 123 cm³/mol. The Labute approximate surface area is 183 Å². The van der Waals surface area contributed by atoms with Gasteiger partial charge in [0.2, 0.25) is 12.7 Å². The number of benzene rings is 3. The Morgan fingerprint density at radius 2 is 1.77 bits per heavy atom. The van der Waals surface area contributed by atoms with Gasteiger partial charge in [-0.15, -0.1) is 0 Å². The van der Waals surface area contributed by atoms with Crippen molar-refractivity contribution in [3.63, 3.8) is 0 Å². The minimum absolute atomic E-state index is 0.0390. The molecule has 5 rings (SSSR count). The maximum Gasteiger partial charge on any atom is 0.235 e. The van der Waals surface area contributed by atoms with Crippen LogP contribution in [0.4, 0.5) is 5.69 Å². The molecule has 1 aliphatic heterocycles. The molecule has 0 atom stereocenters. The van der Waals surface area contributed by atoms with Crippen LogP contribution in [0.25, 0.3) is 11.1 Å². The lowest BCUT2D eigenvalue weighted by molar-refractivity contribution is -0.118. The van der Waals surface area contributed by atoms with Gasteiger partial charge in [0.15, 0.2) is 11.5 Å². The summed E-state index contributed by atoms with van der Waals surface area (Å²) < 4.78 is 10.9. The molecule has 1 N–H and O–H groups in total. The van der Waals surface area contributed by atoms with E-state index in [0.29, 0.717) is 5.92 Å². The second-order valence-corrected chi connectivity index (χ2v) is 8.91. The number of carbonyl (C=O) groups excluding carboxylic acids is 1. The summed E-state index contributed by atoms with van der Waals surface area (Å²) in [5, 5.41) is 3.17. The molecule has 0 bridgehead atoms. The zero-order valence-corrected chi connectivity index (χ0v) is 18.2. The van der Waals surface area contributed by atoms with Crippen molar-refractivity contribution in [1.82, 2.24) is 0 Å². The summed E-state index contributed by atoms with van der Waals surface area (Å²) in [6, 6.07) is 20.6. The van der Waals surface area contributed by atoms with E-state index in [4.69, 9.17) is 9.47 Å². The quantitative estimate of drug-likeness (QED) is 0.543. The van der Waals surface area contributed by atoms with Crippen LogP contribution in [0.5, 0.6) is 11.5 Å². The Morgan fingerprint density at radius 1 is 0.968 bits per heavy atom. The third-order valence-corrected chi connectivity index (χ3v) is 6.47. The van der Waals surface area contributed by atoms with Crippen LogP contribution < -0.4 is 14.8 Å². The molecule has 0 spiro atoms. The zero-order chi connectivity index (χ0) is 21.6. The molecule has 158 valence electrons. The predicted octanol–water partition coefficient (Wildman–Crippen LogP) is 6.18. The summed E-state index contributed by atoms with van der Waals surface area (Å²) in [6.07, 6.45) is 1.68. The Bertz CT molecular complexity index is 1160. The highest BCUT2D eigenvalue weighted by Gasteiger charge is 2.51. The zero-order valence-electron chi connectivity index (χ0n) is 18.2.